The zero-order valence-electron chi connectivity index (χ0n) is 17.6. The number of hydrogen-bond donors (Lipinski definition) is 0. The van der Waals surface area contributed by atoms with Crippen molar-refractivity contribution in [2.24, 2.45) is 5.41 Å². The molecule has 0 N–H and O–H groups in total. The quantitative estimate of drug-likeness (QED) is 0.350. The van der Waals surface area contributed by atoms with Gasteiger partial charge in [-0.3, -0.25) is 0 Å². The molecule has 3 aromatic carbocycles. The van der Waals surface area contributed by atoms with Gasteiger partial charge in [0.2, 0.25) is 0 Å². The second-order valence-electron chi connectivity index (χ2n) is 9.62. The van der Waals surface area contributed by atoms with E-state index in [0.717, 1.165) is 5.75 Å². The normalized spacial score (nSPS) is 35.1. The van der Waals surface area contributed by atoms with Gasteiger partial charge in [-0.05, 0) is 68.1 Å². The fraction of sp³-hybridized carbons (Fsp3) is 0.333. The van der Waals surface area contributed by atoms with Crippen molar-refractivity contribution in [2.45, 2.75) is 43.9 Å². The molecule has 0 fully saturated rings. The second-order valence-corrected chi connectivity index (χ2v) is 10.8. The lowest BCUT2D eigenvalue weighted by molar-refractivity contribution is 0.0997. The first-order valence-electron chi connectivity index (χ1n) is 10.4. The maximum Gasteiger partial charge on any atom is 0.132 e. The van der Waals surface area contributed by atoms with Crippen LogP contribution in [0.2, 0.25) is 0 Å². The molecule has 0 spiro atoms. The number of fused-ring (bicyclic) bond motifs is 9. The Hall–Kier alpha value is -1.81. The summed E-state index contributed by atoms with van der Waals surface area (Å²) in [7, 11) is 1.79. The van der Waals surface area contributed by atoms with Crippen molar-refractivity contribution in [1.29, 1.82) is 0 Å². The third-order valence-corrected chi connectivity index (χ3v) is 10.2. The van der Waals surface area contributed by atoms with Crippen molar-refractivity contribution < 1.29 is 4.74 Å². The highest BCUT2D eigenvalue weighted by Crippen LogP contribution is 2.82. The van der Waals surface area contributed by atoms with E-state index < -0.39 is 0 Å². The Balaban J connectivity index is 1.89. The van der Waals surface area contributed by atoms with Crippen LogP contribution in [0.4, 0.5) is 0 Å². The fourth-order valence-electron chi connectivity index (χ4n) is 7.80. The Bertz CT molecular complexity index is 1230. The third kappa shape index (κ3) is 1.50. The molecule has 6 rings (SSSR count). The lowest BCUT2D eigenvalue weighted by atomic mass is 9.52. The zero-order valence-corrected chi connectivity index (χ0v) is 19.7. The van der Waals surface area contributed by atoms with Crippen LogP contribution in [-0.2, 0) is 16.2 Å². The van der Waals surface area contributed by atoms with Gasteiger partial charge in [0.1, 0.15) is 5.75 Å². The van der Waals surface area contributed by atoms with Crippen LogP contribution in [0.3, 0.4) is 0 Å². The number of methoxy groups -OCH3 is 1. The van der Waals surface area contributed by atoms with E-state index in [1.807, 2.05) is 0 Å². The minimum atomic E-state index is -0.0843. The highest BCUT2D eigenvalue weighted by atomic mass is 127. The van der Waals surface area contributed by atoms with Gasteiger partial charge in [-0.15, -0.1) is 0 Å². The summed E-state index contributed by atoms with van der Waals surface area (Å²) in [6.07, 6.45) is 0. The van der Waals surface area contributed by atoms with Gasteiger partial charge < -0.3 is 4.74 Å². The first kappa shape index (κ1) is 18.0. The standard InChI is InChI=1S/C27H25IO/c1-24-16-10-6-8-12-18(16)25(2)20-14-22(28)23(29-5)15-21(20)26(3,27(24,25)4)19-13-9-7-11-17(19)24/h6-15H,1-5H3. The van der Waals surface area contributed by atoms with Crippen molar-refractivity contribution in [3.05, 3.63) is 97.6 Å². The first-order chi connectivity index (χ1) is 13.8. The SMILES string of the molecule is COc1cc2c(cc1I)C1(C)c3ccccc3C3(C)c4ccccc4C2(C)C31C. The van der Waals surface area contributed by atoms with Gasteiger partial charge in [-0.2, -0.15) is 0 Å². The topological polar surface area (TPSA) is 9.23 Å². The molecule has 2 heteroatoms. The van der Waals surface area contributed by atoms with E-state index in [4.69, 9.17) is 4.74 Å². The van der Waals surface area contributed by atoms with Crippen LogP contribution in [0, 0.1) is 8.99 Å². The molecule has 3 aromatic rings. The lowest BCUT2D eigenvalue weighted by Crippen LogP contribution is -2.51. The molecule has 0 aromatic heterocycles. The molecule has 4 unspecified atom stereocenters. The molecule has 0 saturated carbocycles. The first-order valence-corrected chi connectivity index (χ1v) is 11.4. The summed E-state index contributed by atoms with van der Waals surface area (Å²) >= 11 is 2.43. The monoisotopic (exact) mass is 492 g/mol. The van der Waals surface area contributed by atoms with E-state index in [9.17, 15) is 0 Å². The van der Waals surface area contributed by atoms with E-state index in [-0.39, 0.29) is 21.7 Å². The van der Waals surface area contributed by atoms with Crippen molar-refractivity contribution in [2.75, 3.05) is 7.11 Å². The molecular formula is C27H25IO. The maximum absolute atomic E-state index is 5.78. The summed E-state index contributed by atoms with van der Waals surface area (Å²) < 4.78 is 6.98. The number of benzene rings is 3. The predicted octanol–water partition coefficient (Wildman–Crippen LogP) is 6.56. The summed E-state index contributed by atoms with van der Waals surface area (Å²) in [5.41, 5.74) is 8.68. The highest BCUT2D eigenvalue weighted by molar-refractivity contribution is 14.1. The number of rotatable bonds is 1. The van der Waals surface area contributed by atoms with Gasteiger partial charge in [0, 0.05) is 21.7 Å². The van der Waals surface area contributed by atoms with Crippen LogP contribution in [0.5, 0.6) is 5.75 Å². The van der Waals surface area contributed by atoms with Gasteiger partial charge in [0.15, 0.2) is 0 Å². The molecule has 0 saturated heterocycles. The van der Waals surface area contributed by atoms with Crippen molar-refractivity contribution in [3.63, 3.8) is 0 Å². The molecule has 3 aliphatic carbocycles. The Morgan fingerprint density at radius 1 is 0.621 bits per heavy atom. The smallest absolute Gasteiger partial charge is 0.132 e. The summed E-state index contributed by atoms with van der Waals surface area (Å²) in [6.45, 7) is 10.0. The number of hydrogen-bond acceptors (Lipinski definition) is 1. The van der Waals surface area contributed by atoms with Crippen LogP contribution >= 0.6 is 22.6 Å². The lowest BCUT2D eigenvalue weighted by Gasteiger charge is -2.49. The average Bonchev–Trinajstić information content (AvgIpc) is 3.09. The molecule has 4 atom stereocenters. The Morgan fingerprint density at radius 3 is 1.41 bits per heavy atom. The number of ether oxygens (including phenoxy) is 1. The largest absolute Gasteiger partial charge is 0.496 e. The summed E-state index contributed by atoms with van der Waals surface area (Å²) in [6, 6.07) is 23.1. The predicted molar refractivity (Wildman–Crippen MR) is 126 cm³/mol. The van der Waals surface area contributed by atoms with E-state index in [1.54, 1.807) is 7.11 Å². The molecule has 29 heavy (non-hydrogen) atoms. The zero-order chi connectivity index (χ0) is 20.4. The molecule has 0 bridgehead atoms. The third-order valence-electron chi connectivity index (χ3n) is 9.38. The molecule has 0 aliphatic heterocycles. The van der Waals surface area contributed by atoms with Gasteiger partial charge in [-0.1, -0.05) is 76.2 Å². The van der Waals surface area contributed by atoms with E-state index >= 15 is 0 Å². The van der Waals surface area contributed by atoms with Gasteiger partial charge in [0.25, 0.3) is 0 Å². The Morgan fingerprint density at radius 2 is 1.00 bits per heavy atom. The molecule has 0 amide bonds. The molecule has 0 radical (unpaired) electrons. The van der Waals surface area contributed by atoms with E-state index in [1.165, 1.54) is 37.0 Å². The summed E-state index contributed by atoms with van der Waals surface area (Å²) in [4.78, 5) is 0. The average molecular weight is 492 g/mol. The second kappa shape index (κ2) is 5.08. The van der Waals surface area contributed by atoms with E-state index in [0.29, 0.717) is 0 Å². The maximum atomic E-state index is 5.78. The fourth-order valence-corrected chi connectivity index (χ4v) is 8.49. The molecule has 146 valence electrons. The molecule has 1 nitrogen and oxygen atoms in total. The minimum Gasteiger partial charge on any atom is -0.496 e. The van der Waals surface area contributed by atoms with Gasteiger partial charge in [-0.25, -0.2) is 0 Å². The van der Waals surface area contributed by atoms with Gasteiger partial charge in [0.05, 0.1) is 10.7 Å². The van der Waals surface area contributed by atoms with Gasteiger partial charge >= 0.3 is 0 Å². The molecule has 0 heterocycles. The Kier molecular flexibility index (Phi) is 3.15. The van der Waals surface area contributed by atoms with Crippen molar-refractivity contribution in [3.8, 4) is 5.75 Å². The van der Waals surface area contributed by atoms with Crippen molar-refractivity contribution >= 4 is 22.6 Å². The molecular weight excluding hydrogens is 467 g/mol. The molecule has 3 aliphatic rings. The minimum absolute atomic E-state index is 0.00183. The summed E-state index contributed by atoms with van der Waals surface area (Å²) in [5, 5.41) is 0. The van der Waals surface area contributed by atoms with Crippen LogP contribution in [0.1, 0.15) is 61.1 Å². The Labute approximate surface area is 186 Å². The van der Waals surface area contributed by atoms with Crippen LogP contribution in [-0.4, -0.2) is 7.11 Å². The summed E-state index contributed by atoms with van der Waals surface area (Å²) in [5.74, 6) is 0.983. The van der Waals surface area contributed by atoms with Crippen LogP contribution in [0.15, 0.2) is 60.7 Å². The van der Waals surface area contributed by atoms with Crippen LogP contribution < -0.4 is 4.74 Å². The number of halogens is 1. The van der Waals surface area contributed by atoms with E-state index in [2.05, 4.69) is 111 Å². The van der Waals surface area contributed by atoms with Crippen molar-refractivity contribution in [1.82, 2.24) is 0 Å². The van der Waals surface area contributed by atoms with Crippen LogP contribution in [0.25, 0.3) is 0 Å². The highest BCUT2D eigenvalue weighted by Gasteiger charge is 2.79.